The van der Waals surface area contributed by atoms with E-state index >= 15 is 0 Å². The zero-order valence-electron chi connectivity index (χ0n) is 10.9. The molecule has 18 heavy (non-hydrogen) atoms. The fourth-order valence-corrected chi connectivity index (χ4v) is 1.51. The molecule has 0 aliphatic rings. The molecule has 0 aliphatic heterocycles. The van der Waals surface area contributed by atoms with Crippen molar-refractivity contribution >= 4 is 11.8 Å². The summed E-state index contributed by atoms with van der Waals surface area (Å²) in [7, 11) is 1.68. The largest absolute Gasteiger partial charge is 0.476 e. The van der Waals surface area contributed by atoms with Gasteiger partial charge in [0.25, 0.3) is 0 Å². The lowest BCUT2D eigenvalue weighted by Gasteiger charge is -2.21. The Kier molecular flexibility index (Phi) is 5.51. The van der Waals surface area contributed by atoms with Gasteiger partial charge in [-0.25, -0.2) is 14.8 Å². The van der Waals surface area contributed by atoms with Gasteiger partial charge in [0.1, 0.15) is 5.82 Å². The summed E-state index contributed by atoms with van der Waals surface area (Å²) in [4.78, 5) is 18.4. The van der Waals surface area contributed by atoms with Crippen LogP contribution >= 0.6 is 0 Å². The first-order valence-electron chi connectivity index (χ1n) is 5.90. The van der Waals surface area contributed by atoms with Gasteiger partial charge >= 0.3 is 5.97 Å². The number of anilines is 1. The summed E-state index contributed by atoms with van der Waals surface area (Å²) < 4.78 is 5.38. The number of aromatic carboxylic acids is 1. The first kappa shape index (κ1) is 14.4. The van der Waals surface area contributed by atoms with Crippen molar-refractivity contribution in [2.45, 2.75) is 26.4 Å². The molecule has 1 heterocycles. The average Bonchev–Trinajstić information content (AvgIpc) is 2.39. The molecule has 6 nitrogen and oxygen atoms in total. The molecule has 0 bridgehead atoms. The molecule has 2 N–H and O–H groups in total. The molecule has 0 fully saturated rings. The zero-order chi connectivity index (χ0) is 13.5. The quantitative estimate of drug-likeness (QED) is 0.768. The highest BCUT2D eigenvalue weighted by Crippen LogP contribution is 2.11. The van der Waals surface area contributed by atoms with Gasteiger partial charge in [-0.05, 0) is 5.92 Å². The smallest absolute Gasteiger partial charge is 0.356 e. The Labute approximate surface area is 106 Å². The van der Waals surface area contributed by atoms with Crippen LogP contribution < -0.4 is 5.32 Å². The lowest BCUT2D eigenvalue weighted by Crippen LogP contribution is -2.28. The highest BCUT2D eigenvalue weighted by Gasteiger charge is 2.14. The van der Waals surface area contributed by atoms with E-state index in [-0.39, 0.29) is 11.8 Å². The van der Waals surface area contributed by atoms with Crippen LogP contribution in [-0.2, 0) is 4.74 Å². The minimum absolute atomic E-state index is 0.0641. The normalized spacial score (nSPS) is 13.9. The molecule has 2 atom stereocenters. The Balaban J connectivity index is 2.54. The molecule has 0 aliphatic carbocycles. The Hall–Kier alpha value is -1.69. The predicted molar refractivity (Wildman–Crippen MR) is 67.7 cm³/mol. The summed E-state index contributed by atoms with van der Waals surface area (Å²) in [6.07, 6.45) is 3.77. The van der Waals surface area contributed by atoms with Crippen LogP contribution in [0.3, 0.4) is 0 Å². The summed E-state index contributed by atoms with van der Waals surface area (Å²) in [5.74, 6) is -0.0949. The molecular weight excluding hydrogens is 234 g/mol. The van der Waals surface area contributed by atoms with Gasteiger partial charge < -0.3 is 15.2 Å². The van der Waals surface area contributed by atoms with Crippen LogP contribution in [0.5, 0.6) is 0 Å². The van der Waals surface area contributed by atoms with Crippen LogP contribution in [0.2, 0.25) is 0 Å². The van der Waals surface area contributed by atoms with E-state index in [1.54, 1.807) is 7.11 Å². The van der Waals surface area contributed by atoms with E-state index in [0.717, 1.165) is 6.42 Å². The average molecular weight is 253 g/mol. The summed E-state index contributed by atoms with van der Waals surface area (Å²) in [5, 5.41) is 11.8. The number of carbonyl (C=O) groups is 1. The Bertz CT molecular complexity index is 381. The highest BCUT2D eigenvalue weighted by molar-refractivity contribution is 5.84. The number of hydrogen-bond donors (Lipinski definition) is 2. The van der Waals surface area contributed by atoms with E-state index < -0.39 is 5.97 Å². The van der Waals surface area contributed by atoms with E-state index in [2.05, 4.69) is 29.1 Å². The van der Waals surface area contributed by atoms with Gasteiger partial charge in [-0.3, -0.25) is 0 Å². The molecule has 1 rings (SSSR count). The molecule has 0 saturated carbocycles. The Morgan fingerprint density at radius 2 is 2.22 bits per heavy atom. The number of methoxy groups -OCH3 is 1. The van der Waals surface area contributed by atoms with Crippen molar-refractivity contribution < 1.29 is 14.6 Å². The highest BCUT2D eigenvalue weighted by atomic mass is 16.5. The first-order chi connectivity index (χ1) is 8.58. The zero-order valence-corrected chi connectivity index (χ0v) is 10.9. The summed E-state index contributed by atoms with van der Waals surface area (Å²) in [5.41, 5.74) is -0.0641. The van der Waals surface area contributed by atoms with E-state index in [1.165, 1.54) is 12.4 Å². The standard InChI is InChI=1S/C12H19N3O3/c1-4-8(2)10(18-3)6-15-11-7-13-9(5-14-11)12(16)17/h5,7-8,10H,4,6H2,1-3H3,(H,14,15)(H,16,17). The molecule has 6 heteroatoms. The number of carboxylic acid groups (broad SMARTS) is 1. The van der Waals surface area contributed by atoms with E-state index in [0.29, 0.717) is 18.3 Å². The summed E-state index contributed by atoms with van der Waals surface area (Å²) >= 11 is 0. The Morgan fingerprint density at radius 1 is 1.50 bits per heavy atom. The van der Waals surface area contributed by atoms with Gasteiger partial charge in [0.15, 0.2) is 5.69 Å². The number of carboxylic acids is 1. The molecule has 0 aromatic carbocycles. The minimum atomic E-state index is -1.08. The van der Waals surface area contributed by atoms with Crippen molar-refractivity contribution in [1.29, 1.82) is 0 Å². The molecule has 1 aromatic rings. The molecule has 100 valence electrons. The van der Waals surface area contributed by atoms with Crippen LogP contribution in [0.1, 0.15) is 30.8 Å². The number of rotatable bonds is 7. The third-order valence-corrected chi connectivity index (χ3v) is 2.94. The maximum Gasteiger partial charge on any atom is 0.356 e. The van der Waals surface area contributed by atoms with Crippen molar-refractivity contribution in [3.63, 3.8) is 0 Å². The number of hydrogen-bond acceptors (Lipinski definition) is 5. The van der Waals surface area contributed by atoms with Gasteiger partial charge in [-0.1, -0.05) is 20.3 Å². The van der Waals surface area contributed by atoms with Gasteiger partial charge in [0.05, 0.1) is 18.5 Å². The fourth-order valence-electron chi connectivity index (χ4n) is 1.51. The van der Waals surface area contributed by atoms with Crippen LogP contribution in [0.25, 0.3) is 0 Å². The van der Waals surface area contributed by atoms with Crippen LogP contribution in [0.4, 0.5) is 5.82 Å². The molecule has 0 spiro atoms. The maximum atomic E-state index is 10.6. The van der Waals surface area contributed by atoms with Crippen LogP contribution in [0, 0.1) is 5.92 Å². The van der Waals surface area contributed by atoms with Gasteiger partial charge in [0.2, 0.25) is 0 Å². The van der Waals surface area contributed by atoms with Crippen molar-refractivity contribution in [3.8, 4) is 0 Å². The van der Waals surface area contributed by atoms with Crippen molar-refractivity contribution in [2.24, 2.45) is 5.92 Å². The van der Waals surface area contributed by atoms with Crippen molar-refractivity contribution in [2.75, 3.05) is 19.0 Å². The van der Waals surface area contributed by atoms with Crippen molar-refractivity contribution in [3.05, 3.63) is 18.1 Å². The van der Waals surface area contributed by atoms with Crippen LogP contribution in [-0.4, -0.2) is 40.8 Å². The SMILES string of the molecule is CCC(C)C(CNc1cnc(C(=O)O)cn1)OC. The lowest BCUT2D eigenvalue weighted by molar-refractivity contribution is 0.0672. The lowest BCUT2D eigenvalue weighted by atomic mass is 10.0. The maximum absolute atomic E-state index is 10.6. The van der Waals surface area contributed by atoms with E-state index in [1.807, 2.05) is 0 Å². The molecule has 0 saturated heterocycles. The summed E-state index contributed by atoms with van der Waals surface area (Å²) in [6.45, 7) is 4.85. The van der Waals surface area contributed by atoms with E-state index in [9.17, 15) is 4.79 Å². The van der Waals surface area contributed by atoms with E-state index in [4.69, 9.17) is 9.84 Å². The second-order valence-electron chi connectivity index (χ2n) is 4.13. The minimum Gasteiger partial charge on any atom is -0.476 e. The van der Waals surface area contributed by atoms with Crippen molar-refractivity contribution in [1.82, 2.24) is 9.97 Å². The number of ether oxygens (including phenoxy) is 1. The fraction of sp³-hybridized carbons (Fsp3) is 0.583. The van der Waals surface area contributed by atoms with Gasteiger partial charge in [0, 0.05) is 13.7 Å². The first-order valence-corrected chi connectivity index (χ1v) is 5.90. The van der Waals surface area contributed by atoms with Gasteiger partial charge in [-0.15, -0.1) is 0 Å². The molecular formula is C12H19N3O3. The monoisotopic (exact) mass is 253 g/mol. The second kappa shape index (κ2) is 6.90. The van der Waals surface area contributed by atoms with Crippen LogP contribution in [0.15, 0.2) is 12.4 Å². The second-order valence-corrected chi connectivity index (χ2v) is 4.13. The number of aromatic nitrogens is 2. The topological polar surface area (TPSA) is 84.3 Å². The molecule has 0 amide bonds. The molecule has 2 unspecified atom stereocenters. The predicted octanol–water partition coefficient (Wildman–Crippen LogP) is 1.65. The summed E-state index contributed by atoms with van der Waals surface area (Å²) in [6, 6.07) is 0. The third-order valence-electron chi connectivity index (χ3n) is 2.94. The Morgan fingerprint density at radius 3 is 2.67 bits per heavy atom. The van der Waals surface area contributed by atoms with Gasteiger partial charge in [-0.2, -0.15) is 0 Å². The molecule has 1 aromatic heterocycles. The number of nitrogens with one attached hydrogen (secondary N) is 1. The third kappa shape index (κ3) is 3.96. The number of nitrogens with zero attached hydrogens (tertiary/aromatic N) is 2. The molecule has 0 radical (unpaired) electrons.